The molecule has 0 atom stereocenters. The Morgan fingerprint density at radius 1 is 1.27 bits per heavy atom. The normalized spacial score (nSPS) is 10.3. The fraction of sp³-hybridized carbons (Fsp3) is 0.455. The summed E-state index contributed by atoms with van der Waals surface area (Å²) >= 11 is 5.70. The van der Waals surface area contributed by atoms with Crippen LogP contribution in [0, 0.1) is 0 Å². The molecule has 0 saturated carbocycles. The summed E-state index contributed by atoms with van der Waals surface area (Å²) in [6, 6.07) is 7.62. The average molecular weight is 231 g/mol. The molecule has 0 aliphatic rings. The third-order valence-electron chi connectivity index (χ3n) is 1.79. The molecule has 1 aromatic rings. The maximum absolute atomic E-state index is 5.70. The summed E-state index contributed by atoms with van der Waals surface area (Å²) in [7, 11) is 1.63. The molecule has 0 radical (unpaired) electrons. The Labute approximate surface area is 94.9 Å². The maximum Gasteiger partial charge on any atom is 0.189 e. The number of hydrogen-bond acceptors (Lipinski definition) is 3. The van der Waals surface area contributed by atoms with E-state index in [0.717, 1.165) is 11.3 Å². The van der Waals surface area contributed by atoms with Crippen molar-refractivity contribution in [2.75, 3.05) is 27.1 Å². The van der Waals surface area contributed by atoms with Gasteiger partial charge in [-0.1, -0.05) is 12.1 Å². The number of hydrogen-bond donors (Lipinski definition) is 0. The first kappa shape index (κ1) is 12.3. The number of benzene rings is 1. The van der Waals surface area contributed by atoms with E-state index in [-0.39, 0.29) is 6.79 Å². The fourth-order valence-electron chi connectivity index (χ4n) is 1.03. The molecule has 15 heavy (non-hydrogen) atoms. The molecule has 84 valence electrons. The third-order valence-corrected chi connectivity index (χ3v) is 2.10. The van der Waals surface area contributed by atoms with Crippen LogP contribution in [0.3, 0.4) is 0 Å². The number of rotatable bonds is 7. The molecule has 0 heterocycles. The summed E-state index contributed by atoms with van der Waals surface area (Å²) in [4.78, 5) is 0. The number of alkyl halides is 1. The first-order chi connectivity index (χ1) is 7.36. The lowest BCUT2D eigenvalue weighted by molar-refractivity contribution is -0.00849. The summed E-state index contributed by atoms with van der Waals surface area (Å²) < 4.78 is 15.4. The van der Waals surface area contributed by atoms with E-state index < -0.39 is 0 Å². The van der Waals surface area contributed by atoms with Crippen LogP contribution in [-0.4, -0.2) is 27.1 Å². The van der Waals surface area contributed by atoms with Crippen molar-refractivity contribution in [2.24, 2.45) is 0 Å². The molecular formula is C11H15ClO3. The number of methoxy groups -OCH3 is 1. The average Bonchev–Trinajstić information content (AvgIpc) is 2.29. The Hall–Kier alpha value is -0.770. The lowest BCUT2D eigenvalue weighted by atomic mass is 10.2. The van der Waals surface area contributed by atoms with E-state index >= 15 is 0 Å². The Morgan fingerprint density at radius 2 is 2.13 bits per heavy atom. The van der Waals surface area contributed by atoms with Crippen molar-refractivity contribution < 1.29 is 14.2 Å². The molecule has 0 amide bonds. The lowest BCUT2D eigenvalue weighted by Gasteiger charge is -2.07. The molecule has 0 bridgehead atoms. The van der Waals surface area contributed by atoms with Gasteiger partial charge in [-0.05, 0) is 17.7 Å². The van der Waals surface area contributed by atoms with Gasteiger partial charge in [0, 0.05) is 13.0 Å². The summed E-state index contributed by atoms with van der Waals surface area (Å²) in [5, 5.41) is 0. The van der Waals surface area contributed by atoms with Crippen molar-refractivity contribution in [1.29, 1.82) is 0 Å². The molecule has 0 unspecified atom stereocenters. The first-order valence-electron chi connectivity index (χ1n) is 4.71. The Balaban J connectivity index is 2.24. The van der Waals surface area contributed by atoms with Crippen LogP contribution in [0.15, 0.2) is 24.3 Å². The van der Waals surface area contributed by atoms with Crippen molar-refractivity contribution in [1.82, 2.24) is 0 Å². The van der Waals surface area contributed by atoms with Gasteiger partial charge in [-0.15, -0.1) is 11.6 Å². The van der Waals surface area contributed by atoms with E-state index in [2.05, 4.69) is 0 Å². The van der Waals surface area contributed by atoms with Crippen LogP contribution >= 0.6 is 11.6 Å². The summed E-state index contributed by atoms with van der Waals surface area (Å²) in [6.07, 6.45) is 0. The zero-order valence-electron chi connectivity index (χ0n) is 8.74. The highest BCUT2D eigenvalue weighted by molar-refractivity contribution is 6.17. The largest absolute Gasteiger partial charge is 0.468 e. The highest BCUT2D eigenvalue weighted by atomic mass is 35.5. The van der Waals surface area contributed by atoms with Crippen LogP contribution in [0.1, 0.15) is 5.56 Å². The standard InChI is InChI=1S/C11H15ClO3/c1-13-5-6-14-9-15-11-4-2-3-10(7-11)8-12/h2-4,7H,5-6,8-9H2,1H3. The zero-order chi connectivity index (χ0) is 10.9. The predicted octanol–water partition coefficient (Wildman–Crippen LogP) is 2.42. The van der Waals surface area contributed by atoms with Gasteiger partial charge in [-0.2, -0.15) is 0 Å². The number of halogens is 1. The van der Waals surface area contributed by atoms with E-state index in [0.29, 0.717) is 19.1 Å². The summed E-state index contributed by atoms with van der Waals surface area (Å²) in [5.74, 6) is 1.26. The fourth-order valence-corrected chi connectivity index (χ4v) is 1.20. The minimum atomic E-state index is 0.231. The van der Waals surface area contributed by atoms with Gasteiger partial charge in [0.25, 0.3) is 0 Å². The quantitative estimate of drug-likeness (QED) is 0.409. The van der Waals surface area contributed by atoms with Crippen LogP contribution in [0.25, 0.3) is 0 Å². The molecule has 0 aromatic heterocycles. The van der Waals surface area contributed by atoms with Gasteiger partial charge >= 0.3 is 0 Å². The highest BCUT2D eigenvalue weighted by Crippen LogP contribution is 2.14. The smallest absolute Gasteiger partial charge is 0.189 e. The molecule has 0 spiro atoms. The van der Waals surface area contributed by atoms with Crippen LogP contribution in [0.5, 0.6) is 5.75 Å². The van der Waals surface area contributed by atoms with Gasteiger partial charge in [0.05, 0.1) is 13.2 Å². The number of ether oxygens (including phenoxy) is 3. The monoisotopic (exact) mass is 230 g/mol. The third kappa shape index (κ3) is 5.02. The topological polar surface area (TPSA) is 27.7 Å². The van der Waals surface area contributed by atoms with E-state index in [1.54, 1.807) is 7.11 Å². The Morgan fingerprint density at radius 3 is 2.87 bits per heavy atom. The van der Waals surface area contributed by atoms with Crippen molar-refractivity contribution in [2.45, 2.75) is 5.88 Å². The SMILES string of the molecule is COCCOCOc1cccc(CCl)c1. The van der Waals surface area contributed by atoms with Crippen LogP contribution in [0.2, 0.25) is 0 Å². The second-order valence-electron chi connectivity index (χ2n) is 2.94. The van der Waals surface area contributed by atoms with Crippen LogP contribution < -0.4 is 4.74 Å². The van der Waals surface area contributed by atoms with Gasteiger partial charge in [-0.3, -0.25) is 0 Å². The van der Waals surface area contributed by atoms with Crippen molar-refractivity contribution >= 4 is 11.6 Å². The van der Waals surface area contributed by atoms with Gasteiger partial charge < -0.3 is 14.2 Å². The summed E-state index contributed by atoms with van der Waals surface area (Å²) in [6.45, 7) is 1.34. The first-order valence-corrected chi connectivity index (χ1v) is 5.24. The van der Waals surface area contributed by atoms with Crippen molar-refractivity contribution in [3.8, 4) is 5.75 Å². The molecule has 0 fully saturated rings. The molecule has 0 aliphatic carbocycles. The predicted molar refractivity (Wildman–Crippen MR) is 59.3 cm³/mol. The maximum atomic E-state index is 5.70. The minimum absolute atomic E-state index is 0.231. The molecule has 3 nitrogen and oxygen atoms in total. The van der Waals surface area contributed by atoms with Gasteiger partial charge in [0.15, 0.2) is 6.79 Å². The van der Waals surface area contributed by atoms with Gasteiger partial charge in [0.1, 0.15) is 5.75 Å². The van der Waals surface area contributed by atoms with E-state index in [1.807, 2.05) is 24.3 Å². The Bertz CT molecular complexity index is 278. The lowest BCUT2D eigenvalue weighted by Crippen LogP contribution is -2.07. The molecule has 0 aliphatic heterocycles. The van der Waals surface area contributed by atoms with E-state index in [9.17, 15) is 0 Å². The zero-order valence-corrected chi connectivity index (χ0v) is 9.50. The molecule has 4 heteroatoms. The van der Waals surface area contributed by atoms with Crippen molar-refractivity contribution in [3.05, 3.63) is 29.8 Å². The van der Waals surface area contributed by atoms with E-state index in [4.69, 9.17) is 25.8 Å². The highest BCUT2D eigenvalue weighted by Gasteiger charge is 1.95. The van der Waals surface area contributed by atoms with Gasteiger partial charge in [0.2, 0.25) is 0 Å². The molecule has 0 N–H and O–H groups in total. The second kappa shape index (κ2) is 7.51. The minimum Gasteiger partial charge on any atom is -0.468 e. The molecule has 0 saturated heterocycles. The van der Waals surface area contributed by atoms with E-state index in [1.165, 1.54) is 0 Å². The second-order valence-corrected chi connectivity index (χ2v) is 3.21. The molecular weight excluding hydrogens is 216 g/mol. The van der Waals surface area contributed by atoms with Crippen LogP contribution in [0.4, 0.5) is 0 Å². The van der Waals surface area contributed by atoms with Crippen LogP contribution in [-0.2, 0) is 15.4 Å². The Kier molecular flexibility index (Phi) is 6.16. The van der Waals surface area contributed by atoms with Gasteiger partial charge in [-0.25, -0.2) is 0 Å². The molecule has 1 aromatic carbocycles. The molecule has 1 rings (SSSR count). The van der Waals surface area contributed by atoms with Crippen molar-refractivity contribution in [3.63, 3.8) is 0 Å². The summed E-state index contributed by atoms with van der Waals surface area (Å²) in [5.41, 5.74) is 1.03.